The first-order chi connectivity index (χ1) is 15.8. The fourth-order valence-electron chi connectivity index (χ4n) is 4.19. The van der Waals surface area contributed by atoms with Crippen molar-refractivity contribution < 1.29 is 14.2 Å². The molecule has 1 heterocycles. The van der Waals surface area contributed by atoms with Gasteiger partial charge in [0.2, 0.25) is 0 Å². The molecule has 0 N–H and O–H groups in total. The fraction of sp³-hybridized carbons (Fsp3) is 0.517. The summed E-state index contributed by atoms with van der Waals surface area (Å²) < 4.78 is 20.1. The summed E-state index contributed by atoms with van der Waals surface area (Å²) >= 11 is -2.41. The van der Waals surface area contributed by atoms with Crippen LogP contribution in [0.2, 0.25) is 40.5 Å². The average Bonchev–Trinajstić information content (AvgIpc) is 2.70. The number of benzene rings is 2. The SMILES string of the molecule is CC(C)=CCC[C@]1(C)C=Cc2c(ccc3c[c]([Sn]([CH3])([CH3])[CH3])c(OCOCC[Si](C)(C)C)cc23)O1. The van der Waals surface area contributed by atoms with Crippen molar-refractivity contribution in [2.45, 2.75) is 79.7 Å². The maximum atomic E-state index is 6.53. The van der Waals surface area contributed by atoms with Crippen molar-refractivity contribution in [1.82, 2.24) is 0 Å². The molecule has 186 valence electrons. The topological polar surface area (TPSA) is 27.7 Å². The average molecular weight is 587 g/mol. The summed E-state index contributed by atoms with van der Waals surface area (Å²) in [5.74, 6) is 1.95. The normalized spacial score (nSPS) is 17.9. The molecule has 5 heteroatoms. The van der Waals surface area contributed by atoms with Gasteiger partial charge in [0.1, 0.15) is 0 Å². The molecule has 0 unspecified atom stereocenters. The molecule has 0 saturated heterocycles. The van der Waals surface area contributed by atoms with Crippen LogP contribution in [0.3, 0.4) is 0 Å². The molecule has 2 aromatic carbocycles. The first-order valence-electron chi connectivity index (χ1n) is 12.6. The van der Waals surface area contributed by atoms with Crippen molar-refractivity contribution >= 4 is 46.9 Å². The van der Waals surface area contributed by atoms with E-state index >= 15 is 0 Å². The number of allylic oxidation sites excluding steroid dienone is 2. The van der Waals surface area contributed by atoms with Crippen LogP contribution in [0.1, 0.15) is 39.2 Å². The van der Waals surface area contributed by atoms with Crippen LogP contribution in [0.15, 0.2) is 42.0 Å². The Balaban J connectivity index is 1.88. The molecule has 1 aliphatic rings. The van der Waals surface area contributed by atoms with E-state index in [2.05, 4.69) is 97.7 Å². The second-order valence-corrected chi connectivity index (χ2v) is 32.3. The zero-order chi connectivity index (χ0) is 25.1. The molecular weight excluding hydrogens is 543 g/mol. The quantitative estimate of drug-likeness (QED) is 0.122. The summed E-state index contributed by atoms with van der Waals surface area (Å²) in [6, 6.07) is 10.1. The second-order valence-electron chi connectivity index (χ2n) is 12.3. The Morgan fingerprint density at radius 2 is 1.85 bits per heavy atom. The van der Waals surface area contributed by atoms with Crippen molar-refractivity contribution in [3.63, 3.8) is 0 Å². The molecule has 3 nitrogen and oxygen atoms in total. The second kappa shape index (κ2) is 10.8. The summed E-state index contributed by atoms with van der Waals surface area (Å²) in [6.45, 7) is 14.7. The molecule has 1 aliphatic heterocycles. The van der Waals surface area contributed by atoms with E-state index in [0.29, 0.717) is 6.79 Å². The van der Waals surface area contributed by atoms with Crippen LogP contribution < -0.4 is 13.1 Å². The summed E-state index contributed by atoms with van der Waals surface area (Å²) in [4.78, 5) is 7.32. The summed E-state index contributed by atoms with van der Waals surface area (Å²) in [5.41, 5.74) is 2.22. The first kappa shape index (κ1) is 27.3. The molecule has 0 fully saturated rings. The molecule has 0 radical (unpaired) electrons. The monoisotopic (exact) mass is 588 g/mol. The van der Waals surface area contributed by atoms with Crippen LogP contribution in [0.5, 0.6) is 11.5 Å². The Kier molecular flexibility index (Phi) is 8.68. The summed E-state index contributed by atoms with van der Waals surface area (Å²) in [7, 11) is -1.10. The molecular formula is C29H44O3SiSn. The zero-order valence-corrected chi connectivity index (χ0v) is 26.7. The molecule has 0 saturated carbocycles. The van der Waals surface area contributed by atoms with Gasteiger partial charge in [0.05, 0.1) is 0 Å². The van der Waals surface area contributed by atoms with E-state index in [0.717, 1.165) is 42.6 Å². The van der Waals surface area contributed by atoms with E-state index in [9.17, 15) is 0 Å². The van der Waals surface area contributed by atoms with Gasteiger partial charge in [-0.3, -0.25) is 0 Å². The number of ether oxygens (including phenoxy) is 3. The minimum atomic E-state index is -2.41. The van der Waals surface area contributed by atoms with Gasteiger partial charge in [-0.15, -0.1) is 0 Å². The van der Waals surface area contributed by atoms with Gasteiger partial charge in [0, 0.05) is 0 Å². The Morgan fingerprint density at radius 1 is 1.12 bits per heavy atom. The van der Waals surface area contributed by atoms with E-state index in [4.69, 9.17) is 14.2 Å². The van der Waals surface area contributed by atoms with E-state index in [1.807, 2.05) is 0 Å². The predicted octanol–water partition coefficient (Wildman–Crippen LogP) is 7.99. The third-order valence-electron chi connectivity index (χ3n) is 6.36. The molecule has 0 amide bonds. The number of rotatable bonds is 10. The third kappa shape index (κ3) is 7.38. The van der Waals surface area contributed by atoms with E-state index in [1.54, 1.807) is 0 Å². The third-order valence-corrected chi connectivity index (χ3v) is 13.8. The van der Waals surface area contributed by atoms with Gasteiger partial charge in [-0.1, -0.05) is 0 Å². The van der Waals surface area contributed by atoms with Gasteiger partial charge >= 0.3 is 199 Å². The van der Waals surface area contributed by atoms with Crippen LogP contribution in [0.25, 0.3) is 16.8 Å². The first-order valence-corrected chi connectivity index (χ1v) is 26.3. The molecule has 34 heavy (non-hydrogen) atoms. The van der Waals surface area contributed by atoms with Crippen LogP contribution in [-0.2, 0) is 4.74 Å². The summed E-state index contributed by atoms with van der Waals surface area (Å²) in [6.07, 6.45) is 8.74. The van der Waals surface area contributed by atoms with Crippen LogP contribution in [0.4, 0.5) is 0 Å². The van der Waals surface area contributed by atoms with E-state index < -0.39 is 26.5 Å². The molecule has 3 rings (SSSR count). The van der Waals surface area contributed by atoms with E-state index in [-0.39, 0.29) is 5.60 Å². The van der Waals surface area contributed by atoms with Crippen molar-refractivity contribution in [3.05, 3.63) is 47.6 Å². The van der Waals surface area contributed by atoms with Crippen molar-refractivity contribution in [3.8, 4) is 11.5 Å². The fourth-order valence-corrected chi connectivity index (χ4v) is 9.15. The standard InChI is InChI=1S/C26H35O3Si.3CH3.Sn/c1-20(2)8-7-14-26(3)15-13-23-24-18-22(28-19-27-16-17-30(4,5)6)11-9-21(24)10-12-25(23)29-26;;;;/h8-10,12-13,15,18H,7,14,16-17,19H2,1-6H3;3*1H3;/t26-;;;;/m1..../s1. The number of fused-ring (bicyclic) bond motifs is 3. The minimum absolute atomic E-state index is 0.280. The van der Waals surface area contributed by atoms with Gasteiger partial charge in [0.15, 0.2) is 0 Å². The number of hydrogen-bond acceptors (Lipinski definition) is 3. The van der Waals surface area contributed by atoms with Crippen molar-refractivity contribution in [2.75, 3.05) is 13.4 Å². The zero-order valence-electron chi connectivity index (χ0n) is 22.8. The van der Waals surface area contributed by atoms with Crippen LogP contribution >= 0.6 is 0 Å². The summed E-state index contributed by atoms with van der Waals surface area (Å²) in [5, 5.41) is 2.45. The van der Waals surface area contributed by atoms with Gasteiger partial charge in [0.25, 0.3) is 0 Å². The Hall–Kier alpha value is -1.24. The van der Waals surface area contributed by atoms with Gasteiger partial charge in [-0.2, -0.15) is 0 Å². The Morgan fingerprint density at radius 3 is 2.50 bits per heavy atom. The van der Waals surface area contributed by atoms with Crippen molar-refractivity contribution in [2.24, 2.45) is 0 Å². The Labute approximate surface area is 212 Å². The molecule has 2 aromatic rings. The van der Waals surface area contributed by atoms with Gasteiger partial charge < -0.3 is 0 Å². The molecule has 1 atom stereocenters. The molecule has 0 aromatic heterocycles. The molecule has 0 bridgehead atoms. The predicted molar refractivity (Wildman–Crippen MR) is 153 cm³/mol. The molecule has 0 spiro atoms. The Bertz CT molecular complexity index is 1070. The van der Waals surface area contributed by atoms with E-state index in [1.165, 1.54) is 19.9 Å². The van der Waals surface area contributed by atoms with Gasteiger partial charge in [-0.05, 0) is 13.8 Å². The number of hydrogen-bond donors (Lipinski definition) is 0. The van der Waals surface area contributed by atoms with Gasteiger partial charge in [-0.25, -0.2) is 0 Å². The van der Waals surface area contributed by atoms with Crippen LogP contribution in [-0.4, -0.2) is 45.5 Å². The van der Waals surface area contributed by atoms with Crippen LogP contribution in [0, 0.1) is 0 Å². The molecule has 0 aliphatic carbocycles. The maximum absolute atomic E-state index is 6.53. The van der Waals surface area contributed by atoms with Crippen molar-refractivity contribution in [1.29, 1.82) is 0 Å².